The first-order valence-electron chi connectivity index (χ1n) is 6.10. The highest BCUT2D eigenvalue weighted by Crippen LogP contribution is 2.20. The number of nitrogens with one attached hydrogen (secondary N) is 2. The molecule has 0 unspecified atom stereocenters. The molecule has 106 valence electrons. The lowest BCUT2D eigenvalue weighted by atomic mass is 9.89. The second-order valence-electron chi connectivity index (χ2n) is 6.11. The average molecular weight is 267 g/mol. The van der Waals surface area contributed by atoms with Gasteiger partial charge in [-0.2, -0.15) is 0 Å². The zero-order valence-corrected chi connectivity index (χ0v) is 12.2. The smallest absolute Gasteiger partial charge is 0.240 e. The van der Waals surface area contributed by atoms with E-state index in [0.717, 1.165) is 0 Å². The van der Waals surface area contributed by atoms with Crippen molar-refractivity contribution in [2.45, 2.75) is 47.1 Å². The molecule has 0 spiro atoms. The quantitative estimate of drug-likeness (QED) is 0.819. The number of rotatable bonds is 3. The number of aryl methyl sites for hydroxylation is 1. The third-order valence-electron chi connectivity index (χ3n) is 2.49. The number of nitrogens with zero attached hydrogens (tertiary/aromatic N) is 1. The molecule has 0 saturated heterocycles. The lowest BCUT2D eigenvalue weighted by Gasteiger charge is -2.28. The Morgan fingerprint density at radius 1 is 1.16 bits per heavy atom. The van der Waals surface area contributed by atoms with E-state index >= 15 is 0 Å². The van der Waals surface area contributed by atoms with E-state index in [1.165, 1.54) is 0 Å². The van der Waals surface area contributed by atoms with E-state index < -0.39 is 11.3 Å². The molecule has 2 N–H and O–H groups in total. The standard InChI is InChI=1S/C13H21N3O3/c1-8-7-9(16-19-8)14-10(17)13(5,6)11(18)15-12(2,3)4/h7H,1-6H3,(H,15,18)(H,14,16,17). The molecule has 2 amide bonds. The lowest BCUT2D eigenvalue weighted by Crippen LogP contribution is -2.51. The Bertz CT molecular complexity index is 484. The van der Waals surface area contributed by atoms with Crippen molar-refractivity contribution < 1.29 is 14.1 Å². The van der Waals surface area contributed by atoms with Crippen LogP contribution in [0.1, 0.15) is 40.4 Å². The molecule has 1 aromatic rings. The predicted molar refractivity (Wildman–Crippen MR) is 71.5 cm³/mol. The molecule has 0 saturated carbocycles. The topological polar surface area (TPSA) is 84.2 Å². The Morgan fingerprint density at radius 3 is 2.16 bits per heavy atom. The summed E-state index contributed by atoms with van der Waals surface area (Å²) in [7, 11) is 0. The highest BCUT2D eigenvalue weighted by atomic mass is 16.5. The molecule has 1 aromatic heterocycles. The van der Waals surface area contributed by atoms with Crippen LogP contribution in [0.5, 0.6) is 0 Å². The molecular weight excluding hydrogens is 246 g/mol. The van der Waals surface area contributed by atoms with E-state index in [9.17, 15) is 9.59 Å². The zero-order chi connectivity index (χ0) is 14.8. The maximum atomic E-state index is 12.1. The highest BCUT2D eigenvalue weighted by molar-refractivity contribution is 6.09. The summed E-state index contributed by atoms with van der Waals surface area (Å²) in [5, 5.41) is 9.02. The summed E-state index contributed by atoms with van der Waals surface area (Å²) in [4.78, 5) is 24.2. The van der Waals surface area contributed by atoms with Crippen molar-refractivity contribution in [3.05, 3.63) is 11.8 Å². The fraction of sp³-hybridized carbons (Fsp3) is 0.615. The normalized spacial score (nSPS) is 12.1. The number of carbonyl (C=O) groups excluding carboxylic acids is 2. The summed E-state index contributed by atoms with van der Waals surface area (Å²) in [6, 6.07) is 1.59. The van der Waals surface area contributed by atoms with Crippen molar-refractivity contribution in [3.63, 3.8) is 0 Å². The Hall–Kier alpha value is -1.85. The van der Waals surface area contributed by atoms with Crippen molar-refractivity contribution in [1.82, 2.24) is 10.5 Å². The van der Waals surface area contributed by atoms with Crippen LogP contribution < -0.4 is 10.6 Å². The minimum absolute atomic E-state index is 0.305. The summed E-state index contributed by atoms with van der Waals surface area (Å²) in [6.45, 7) is 10.4. The van der Waals surface area contributed by atoms with E-state index in [-0.39, 0.29) is 11.4 Å². The Morgan fingerprint density at radius 2 is 1.74 bits per heavy atom. The third-order valence-corrected chi connectivity index (χ3v) is 2.49. The number of anilines is 1. The monoisotopic (exact) mass is 267 g/mol. The van der Waals surface area contributed by atoms with Crippen LogP contribution in [0.3, 0.4) is 0 Å². The maximum absolute atomic E-state index is 12.1. The largest absolute Gasteiger partial charge is 0.360 e. The van der Waals surface area contributed by atoms with Crippen LogP contribution in [-0.4, -0.2) is 22.5 Å². The molecule has 1 rings (SSSR count). The summed E-state index contributed by atoms with van der Waals surface area (Å²) in [5.74, 6) is 0.131. The predicted octanol–water partition coefficient (Wildman–Crippen LogP) is 1.86. The van der Waals surface area contributed by atoms with E-state index in [2.05, 4.69) is 15.8 Å². The van der Waals surface area contributed by atoms with Gasteiger partial charge < -0.3 is 15.2 Å². The van der Waals surface area contributed by atoms with Gasteiger partial charge in [0, 0.05) is 11.6 Å². The van der Waals surface area contributed by atoms with Crippen molar-refractivity contribution in [2.24, 2.45) is 5.41 Å². The van der Waals surface area contributed by atoms with Crippen LogP contribution >= 0.6 is 0 Å². The molecule has 0 bridgehead atoms. The maximum Gasteiger partial charge on any atom is 0.240 e. The first kappa shape index (κ1) is 15.2. The zero-order valence-electron chi connectivity index (χ0n) is 12.2. The molecule has 1 heterocycles. The third kappa shape index (κ3) is 4.08. The van der Waals surface area contributed by atoms with Crippen LogP contribution in [0, 0.1) is 12.3 Å². The van der Waals surface area contributed by atoms with Gasteiger partial charge in [-0.15, -0.1) is 0 Å². The van der Waals surface area contributed by atoms with Gasteiger partial charge in [-0.1, -0.05) is 5.16 Å². The number of carbonyl (C=O) groups is 2. The minimum Gasteiger partial charge on any atom is -0.360 e. The van der Waals surface area contributed by atoms with Crippen LogP contribution in [-0.2, 0) is 9.59 Å². The Kier molecular flexibility index (Phi) is 4.03. The van der Waals surface area contributed by atoms with Crippen LogP contribution in [0.25, 0.3) is 0 Å². The van der Waals surface area contributed by atoms with Gasteiger partial charge in [0.2, 0.25) is 11.8 Å². The molecule has 0 radical (unpaired) electrons. The SMILES string of the molecule is Cc1cc(NC(=O)C(C)(C)C(=O)NC(C)(C)C)no1. The van der Waals surface area contributed by atoms with E-state index in [0.29, 0.717) is 11.6 Å². The minimum atomic E-state index is -1.19. The van der Waals surface area contributed by atoms with Gasteiger partial charge in [-0.05, 0) is 41.5 Å². The molecule has 0 aromatic carbocycles. The van der Waals surface area contributed by atoms with Crippen LogP contribution in [0.4, 0.5) is 5.82 Å². The molecule has 0 aliphatic carbocycles. The van der Waals surface area contributed by atoms with Crippen molar-refractivity contribution in [1.29, 1.82) is 0 Å². The first-order chi connectivity index (χ1) is 8.52. The molecule has 0 aliphatic rings. The number of amides is 2. The molecule has 19 heavy (non-hydrogen) atoms. The van der Waals surface area contributed by atoms with Crippen LogP contribution in [0.2, 0.25) is 0 Å². The first-order valence-corrected chi connectivity index (χ1v) is 6.10. The van der Waals surface area contributed by atoms with Gasteiger partial charge in [0.05, 0.1) is 0 Å². The molecule has 0 fully saturated rings. The molecule has 6 nitrogen and oxygen atoms in total. The fourth-order valence-corrected chi connectivity index (χ4v) is 1.30. The van der Waals surface area contributed by atoms with E-state index in [4.69, 9.17) is 4.52 Å². The van der Waals surface area contributed by atoms with Crippen LogP contribution in [0.15, 0.2) is 10.6 Å². The fourth-order valence-electron chi connectivity index (χ4n) is 1.30. The summed E-state index contributed by atoms with van der Waals surface area (Å²) < 4.78 is 4.85. The lowest BCUT2D eigenvalue weighted by molar-refractivity contribution is -0.139. The molecular formula is C13H21N3O3. The van der Waals surface area contributed by atoms with Gasteiger partial charge >= 0.3 is 0 Å². The van der Waals surface area contributed by atoms with E-state index in [1.807, 2.05) is 20.8 Å². The van der Waals surface area contributed by atoms with Gasteiger partial charge in [-0.3, -0.25) is 9.59 Å². The Labute approximate surface area is 112 Å². The van der Waals surface area contributed by atoms with Gasteiger partial charge in [0.1, 0.15) is 11.2 Å². The van der Waals surface area contributed by atoms with E-state index in [1.54, 1.807) is 26.8 Å². The summed E-state index contributed by atoms with van der Waals surface area (Å²) in [6.07, 6.45) is 0. The second kappa shape index (κ2) is 5.03. The number of aromatic nitrogens is 1. The average Bonchev–Trinajstić information content (AvgIpc) is 2.61. The van der Waals surface area contributed by atoms with Crippen molar-refractivity contribution >= 4 is 17.6 Å². The second-order valence-corrected chi connectivity index (χ2v) is 6.11. The summed E-state index contributed by atoms with van der Waals surface area (Å²) >= 11 is 0. The molecule has 0 aliphatic heterocycles. The van der Waals surface area contributed by atoms with Crippen molar-refractivity contribution in [3.8, 4) is 0 Å². The number of hydrogen-bond donors (Lipinski definition) is 2. The van der Waals surface area contributed by atoms with Gasteiger partial charge in [0.25, 0.3) is 0 Å². The number of hydrogen-bond acceptors (Lipinski definition) is 4. The van der Waals surface area contributed by atoms with Gasteiger partial charge in [0.15, 0.2) is 5.82 Å². The highest BCUT2D eigenvalue weighted by Gasteiger charge is 2.38. The van der Waals surface area contributed by atoms with Gasteiger partial charge in [-0.25, -0.2) is 0 Å². The molecule has 0 atom stereocenters. The summed E-state index contributed by atoms with van der Waals surface area (Å²) in [5.41, 5.74) is -1.58. The molecule has 6 heteroatoms. The van der Waals surface area contributed by atoms with Crippen molar-refractivity contribution in [2.75, 3.05) is 5.32 Å². The Balaban J connectivity index is 2.76.